The van der Waals surface area contributed by atoms with E-state index >= 15 is 0 Å². The van der Waals surface area contributed by atoms with Crippen LogP contribution in [0.25, 0.3) is 0 Å². The summed E-state index contributed by atoms with van der Waals surface area (Å²) >= 11 is 0. The highest BCUT2D eigenvalue weighted by molar-refractivity contribution is 5.50. The number of nitrogens with zero attached hydrogens (tertiary/aromatic N) is 6. The molecule has 1 fully saturated rings. The van der Waals surface area contributed by atoms with Gasteiger partial charge in [-0.3, -0.25) is 9.69 Å². The van der Waals surface area contributed by atoms with Gasteiger partial charge in [0.2, 0.25) is 0 Å². The molecule has 0 amide bonds. The maximum absolute atomic E-state index is 12.3. The van der Waals surface area contributed by atoms with Crippen molar-refractivity contribution < 1.29 is 0 Å². The van der Waals surface area contributed by atoms with Crippen molar-refractivity contribution in [1.29, 1.82) is 0 Å². The third-order valence-electron chi connectivity index (χ3n) is 6.18. The van der Waals surface area contributed by atoms with Gasteiger partial charge in [-0.15, -0.1) is 0 Å². The summed E-state index contributed by atoms with van der Waals surface area (Å²) in [7, 11) is 0. The first-order valence-corrected chi connectivity index (χ1v) is 10.2. The SMILES string of the molecule is O=c1cc2c(nn1CCN1CCN(c3ncnc4c3CCC4)CC1)CCC2. The number of anilines is 1. The highest BCUT2D eigenvalue weighted by atomic mass is 16.1. The molecule has 2 aromatic heterocycles. The summed E-state index contributed by atoms with van der Waals surface area (Å²) in [5, 5.41) is 4.59. The van der Waals surface area contributed by atoms with Gasteiger partial charge in [-0.05, 0) is 44.1 Å². The quantitative estimate of drug-likeness (QED) is 0.799. The maximum Gasteiger partial charge on any atom is 0.267 e. The molecule has 0 atom stereocenters. The summed E-state index contributed by atoms with van der Waals surface area (Å²) in [5.74, 6) is 1.15. The Bertz CT molecular complexity index is 900. The van der Waals surface area contributed by atoms with Crippen LogP contribution in [0, 0.1) is 0 Å². The smallest absolute Gasteiger partial charge is 0.267 e. The minimum absolute atomic E-state index is 0.0471. The number of piperazine rings is 1. The predicted octanol–water partition coefficient (Wildman–Crippen LogP) is 0.833. The van der Waals surface area contributed by atoms with Gasteiger partial charge in [0.05, 0.1) is 12.2 Å². The monoisotopic (exact) mass is 366 g/mol. The molecule has 7 heteroatoms. The fraction of sp³-hybridized carbons (Fsp3) is 0.600. The van der Waals surface area contributed by atoms with E-state index in [4.69, 9.17) is 0 Å². The van der Waals surface area contributed by atoms with Crippen LogP contribution in [0.1, 0.15) is 35.4 Å². The van der Waals surface area contributed by atoms with Crippen LogP contribution in [-0.2, 0) is 32.2 Å². The first-order valence-electron chi connectivity index (χ1n) is 10.2. The minimum atomic E-state index is 0.0471. The van der Waals surface area contributed by atoms with E-state index in [9.17, 15) is 4.79 Å². The summed E-state index contributed by atoms with van der Waals surface area (Å²) in [6.07, 6.45) is 8.26. The lowest BCUT2D eigenvalue weighted by Gasteiger charge is -2.36. The van der Waals surface area contributed by atoms with E-state index in [1.54, 1.807) is 17.1 Å². The molecule has 7 nitrogen and oxygen atoms in total. The van der Waals surface area contributed by atoms with Crippen molar-refractivity contribution in [3.05, 3.63) is 45.3 Å². The normalized spacial score (nSPS) is 19.3. The van der Waals surface area contributed by atoms with Crippen molar-refractivity contribution in [2.45, 2.75) is 45.1 Å². The zero-order chi connectivity index (χ0) is 18.2. The molecule has 2 aliphatic carbocycles. The minimum Gasteiger partial charge on any atom is -0.354 e. The number of rotatable bonds is 4. The van der Waals surface area contributed by atoms with Crippen LogP contribution in [0.5, 0.6) is 0 Å². The fourth-order valence-corrected chi connectivity index (χ4v) is 4.63. The van der Waals surface area contributed by atoms with E-state index in [1.165, 1.54) is 17.7 Å². The Hall–Kier alpha value is -2.28. The third-order valence-corrected chi connectivity index (χ3v) is 6.18. The molecule has 0 radical (unpaired) electrons. The van der Waals surface area contributed by atoms with Gasteiger partial charge >= 0.3 is 0 Å². The fourth-order valence-electron chi connectivity index (χ4n) is 4.63. The Morgan fingerprint density at radius 1 is 0.889 bits per heavy atom. The average Bonchev–Trinajstić information content (AvgIpc) is 3.35. The summed E-state index contributed by atoms with van der Waals surface area (Å²) in [6.45, 7) is 5.51. The Balaban J connectivity index is 1.20. The molecular weight excluding hydrogens is 340 g/mol. The van der Waals surface area contributed by atoms with Crippen LogP contribution in [-0.4, -0.2) is 57.4 Å². The second kappa shape index (κ2) is 7.03. The molecule has 0 N–H and O–H groups in total. The Morgan fingerprint density at radius 3 is 2.59 bits per heavy atom. The number of hydrogen-bond acceptors (Lipinski definition) is 6. The van der Waals surface area contributed by atoms with Crippen molar-refractivity contribution in [1.82, 2.24) is 24.6 Å². The molecule has 3 aliphatic rings. The molecule has 0 saturated carbocycles. The van der Waals surface area contributed by atoms with Crippen molar-refractivity contribution in [3.63, 3.8) is 0 Å². The molecule has 1 saturated heterocycles. The van der Waals surface area contributed by atoms with Crippen LogP contribution in [0.4, 0.5) is 5.82 Å². The predicted molar refractivity (Wildman–Crippen MR) is 103 cm³/mol. The van der Waals surface area contributed by atoms with Crippen molar-refractivity contribution in [2.75, 3.05) is 37.6 Å². The molecule has 5 rings (SSSR count). The molecule has 0 unspecified atom stereocenters. The van der Waals surface area contributed by atoms with Crippen LogP contribution < -0.4 is 10.5 Å². The van der Waals surface area contributed by atoms with E-state index in [2.05, 4.69) is 24.9 Å². The molecule has 0 bridgehead atoms. The van der Waals surface area contributed by atoms with Gasteiger partial charge in [-0.1, -0.05) is 0 Å². The summed E-state index contributed by atoms with van der Waals surface area (Å²) < 4.78 is 1.66. The van der Waals surface area contributed by atoms with E-state index in [1.807, 2.05) is 0 Å². The molecule has 27 heavy (non-hydrogen) atoms. The second-order valence-electron chi connectivity index (χ2n) is 7.84. The highest BCUT2D eigenvalue weighted by Crippen LogP contribution is 2.28. The van der Waals surface area contributed by atoms with Gasteiger partial charge in [0.15, 0.2) is 0 Å². The summed E-state index contributed by atoms with van der Waals surface area (Å²) in [5.41, 5.74) is 4.93. The topological polar surface area (TPSA) is 67.2 Å². The molecule has 2 aromatic rings. The van der Waals surface area contributed by atoms with Gasteiger partial charge in [-0.2, -0.15) is 5.10 Å². The zero-order valence-corrected chi connectivity index (χ0v) is 15.7. The second-order valence-corrected chi connectivity index (χ2v) is 7.84. The zero-order valence-electron chi connectivity index (χ0n) is 15.7. The van der Waals surface area contributed by atoms with Gasteiger partial charge in [-0.25, -0.2) is 14.6 Å². The van der Waals surface area contributed by atoms with Gasteiger partial charge in [0.25, 0.3) is 5.56 Å². The number of aromatic nitrogens is 4. The lowest BCUT2D eigenvalue weighted by atomic mass is 10.2. The molecule has 0 aromatic carbocycles. The lowest BCUT2D eigenvalue weighted by molar-refractivity contribution is 0.242. The maximum atomic E-state index is 12.3. The third kappa shape index (κ3) is 3.25. The van der Waals surface area contributed by atoms with Crippen LogP contribution in [0.15, 0.2) is 17.2 Å². The van der Waals surface area contributed by atoms with Gasteiger partial charge in [0.1, 0.15) is 12.1 Å². The molecule has 142 valence electrons. The van der Waals surface area contributed by atoms with Crippen LogP contribution in [0.3, 0.4) is 0 Å². The molecule has 0 spiro atoms. The average molecular weight is 366 g/mol. The van der Waals surface area contributed by atoms with E-state index in [0.717, 1.165) is 81.9 Å². The number of hydrogen-bond donors (Lipinski definition) is 0. The number of fused-ring (bicyclic) bond motifs is 2. The van der Waals surface area contributed by atoms with Crippen molar-refractivity contribution in [3.8, 4) is 0 Å². The lowest BCUT2D eigenvalue weighted by Crippen LogP contribution is -2.48. The van der Waals surface area contributed by atoms with E-state index in [-0.39, 0.29) is 5.56 Å². The Kier molecular flexibility index (Phi) is 4.39. The van der Waals surface area contributed by atoms with Gasteiger partial charge in [0, 0.05) is 50.0 Å². The molecular formula is C20H26N6O. The summed E-state index contributed by atoms with van der Waals surface area (Å²) in [4.78, 5) is 26.1. The van der Waals surface area contributed by atoms with E-state index < -0.39 is 0 Å². The van der Waals surface area contributed by atoms with Crippen molar-refractivity contribution in [2.24, 2.45) is 0 Å². The molecule has 3 heterocycles. The van der Waals surface area contributed by atoms with Crippen LogP contribution >= 0.6 is 0 Å². The summed E-state index contributed by atoms with van der Waals surface area (Å²) in [6, 6.07) is 1.79. The van der Waals surface area contributed by atoms with Crippen LogP contribution in [0.2, 0.25) is 0 Å². The van der Waals surface area contributed by atoms with Gasteiger partial charge < -0.3 is 4.90 Å². The first-order chi connectivity index (χ1) is 13.3. The first kappa shape index (κ1) is 16.9. The molecule has 1 aliphatic heterocycles. The largest absolute Gasteiger partial charge is 0.354 e. The van der Waals surface area contributed by atoms with E-state index in [0.29, 0.717) is 6.54 Å². The Labute approximate surface area is 159 Å². The Morgan fingerprint density at radius 2 is 1.70 bits per heavy atom. The highest BCUT2D eigenvalue weighted by Gasteiger charge is 2.24. The number of aryl methyl sites for hydroxylation is 3. The standard InChI is InChI=1S/C20H26N6O/c27-19-13-15-3-1-5-17(15)23-26(19)12-9-24-7-10-25(11-8-24)20-16-4-2-6-18(16)21-14-22-20/h13-14H,1-12H2. The van der Waals surface area contributed by atoms with Crippen molar-refractivity contribution >= 4 is 5.82 Å².